The summed E-state index contributed by atoms with van der Waals surface area (Å²) in [6, 6.07) is 14.2. The maximum absolute atomic E-state index is 14.2. The zero-order valence-electron chi connectivity index (χ0n) is 16.6. The highest BCUT2D eigenvalue weighted by molar-refractivity contribution is 6.04. The molecule has 1 unspecified atom stereocenters. The van der Waals surface area contributed by atoms with E-state index < -0.39 is 24.2 Å². The van der Waals surface area contributed by atoms with Crippen molar-refractivity contribution in [2.24, 2.45) is 0 Å². The molecule has 1 atom stereocenters. The summed E-state index contributed by atoms with van der Waals surface area (Å²) in [7, 11) is 0. The minimum atomic E-state index is -2.21. The Morgan fingerprint density at radius 1 is 1.13 bits per heavy atom. The van der Waals surface area contributed by atoms with Gasteiger partial charge < -0.3 is 20.1 Å². The number of ether oxygens (including phenoxy) is 2. The second kappa shape index (κ2) is 9.49. The summed E-state index contributed by atoms with van der Waals surface area (Å²) in [6.45, 7) is 1.40. The zero-order chi connectivity index (χ0) is 21.6. The second-order valence-corrected chi connectivity index (χ2v) is 7.11. The highest BCUT2D eigenvalue weighted by atomic mass is 19.1. The van der Waals surface area contributed by atoms with Gasteiger partial charge in [0.15, 0.2) is 6.61 Å². The van der Waals surface area contributed by atoms with Crippen molar-refractivity contribution in [1.82, 2.24) is 5.32 Å². The van der Waals surface area contributed by atoms with Gasteiger partial charge in [0, 0.05) is 13.0 Å². The number of aryl methyl sites for hydroxylation is 1. The molecule has 0 spiro atoms. The van der Waals surface area contributed by atoms with Gasteiger partial charge in [-0.1, -0.05) is 42.0 Å². The van der Waals surface area contributed by atoms with Crippen molar-refractivity contribution in [2.75, 3.05) is 25.1 Å². The fourth-order valence-corrected chi connectivity index (χ4v) is 2.92. The van der Waals surface area contributed by atoms with E-state index in [0.29, 0.717) is 6.54 Å². The fraction of sp³-hybridized carbons (Fsp3) is 0.318. The van der Waals surface area contributed by atoms with Gasteiger partial charge in [0.2, 0.25) is 5.67 Å². The van der Waals surface area contributed by atoms with Crippen LogP contribution in [0.1, 0.15) is 27.9 Å². The van der Waals surface area contributed by atoms with Crippen LogP contribution in [0.3, 0.4) is 0 Å². The van der Waals surface area contributed by atoms with E-state index >= 15 is 0 Å². The molecule has 0 aromatic heterocycles. The molecular formula is C22H23FN2O5. The molecule has 1 heterocycles. The molecule has 8 heteroatoms. The molecule has 0 bridgehead atoms. The summed E-state index contributed by atoms with van der Waals surface area (Å²) in [4.78, 5) is 36.5. The SMILES string of the molecule is Cc1ccc(CNC(=O)c2ccccc2NC(=O)COC(=O)C2(F)CCOC2)cc1. The molecule has 1 saturated heterocycles. The third-order valence-corrected chi connectivity index (χ3v) is 4.69. The summed E-state index contributed by atoms with van der Waals surface area (Å²) in [5.74, 6) is -2.17. The van der Waals surface area contributed by atoms with Gasteiger partial charge in [0.05, 0.1) is 24.5 Å². The summed E-state index contributed by atoms with van der Waals surface area (Å²) in [5.41, 5.74) is 0.375. The number of amides is 2. The number of carbonyl (C=O) groups excluding carboxylic acids is 3. The Morgan fingerprint density at radius 3 is 2.57 bits per heavy atom. The molecule has 2 amide bonds. The topological polar surface area (TPSA) is 93.7 Å². The van der Waals surface area contributed by atoms with Crippen LogP contribution >= 0.6 is 0 Å². The van der Waals surface area contributed by atoms with Crippen LogP contribution in [0.5, 0.6) is 0 Å². The number of alkyl halides is 1. The van der Waals surface area contributed by atoms with Gasteiger partial charge in [-0.2, -0.15) is 0 Å². The number of anilines is 1. The van der Waals surface area contributed by atoms with E-state index in [0.717, 1.165) is 11.1 Å². The predicted octanol–water partition coefficient (Wildman–Crippen LogP) is 2.54. The lowest BCUT2D eigenvalue weighted by Crippen LogP contribution is -2.37. The molecule has 2 aromatic rings. The molecule has 158 valence electrons. The minimum absolute atomic E-state index is 0.0998. The first kappa shape index (κ1) is 21.4. The van der Waals surface area contributed by atoms with Crippen molar-refractivity contribution in [1.29, 1.82) is 0 Å². The fourth-order valence-electron chi connectivity index (χ4n) is 2.92. The first-order valence-electron chi connectivity index (χ1n) is 9.54. The van der Waals surface area contributed by atoms with Gasteiger partial charge in [-0.3, -0.25) is 9.59 Å². The van der Waals surface area contributed by atoms with E-state index in [4.69, 9.17) is 9.47 Å². The van der Waals surface area contributed by atoms with E-state index in [2.05, 4.69) is 10.6 Å². The molecule has 2 N–H and O–H groups in total. The second-order valence-electron chi connectivity index (χ2n) is 7.11. The Morgan fingerprint density at radius 2 is 1.87 bits per heavy atom. The summed E-state index contributed by atoms with van der Waals surface area (Å²) >= 11 is 0. The first-order valence-corrected chi connectivity index (χ1v) is 9.54. The Labute approximate surface area is 173 Å². The number of hydrogen-bond acceptors (Lipinski definition) is 5. The number of hydrogen-bond donors (Lipinski definition) is 2. The molecule has 0 aliphatic carbocycles. The van der Waals surface area contributed by atoms with Gasteiger partial charge in [0.1, 0.15) is 0 Å². The maximum Gasteiger partial charge on any atom is 0.346 e. The van der Waals surface area contributed by atoms with Crippen molar-refractivity contribution in [3.8, 4) is 0 Å². The molecular weight excluding hydrogens is 391 g/mol. The summed E-state index contributed by atoms with van der Waals surface area (Å²) in [6.07, 6.45) is -0.0998. The van der Waals surface area contributed by atoms with Crippen molar-refractivity contribution in [2.45, 2.75) is 25.6 Å². The van der Waals surface area contributed by atoms with E-state index in [-0.39, 0.29) is 36.8 Å². The Bertz CT molecular complexity index is 923. The lowest BCUT2D eigenvalue weighted by Gasteiger charge is -2.16. The first-order chi connectivity index (χ1) is 14.4. The highest BCUT2D eigenvalue weighted by Crippen LogP contribution is 2.24. The number of rotatable bonds is 7. The van der Waals surface area contributed by atoms with Crippen LogP contribution in [0.2, 0.25) is 0 Å². The van der Waals surface area contributed by atoms with Gasteiger partial charge in [-0.15, -0.1) is 0 Å². The molecule has 0 radical (unpaired) electrons. The van der Waals surface area contributed by atoms with Crippen molar-refractivity contribution < 1.29 is 28.2 Å². The van der Waals surface area contributed by atoms with Crippen LogP contribution in [-0.2, 0) is 25.6 Å². The van der Waals surface area contributed by atoms with Crippen LogP contribution in [-0.4, -0.2) is 43.3 Å². The number of nitrogens with one attached hydrogen (secondary N) is 2. The van der Waals surface area contributed by atoms with Gasteiger partial charge in [-0.05, 0) is 24.6 Å². The smallest absolute Gasteiger partial charge is 0.346 e. The molecule has 1 aliphatic rings. The highest BCUT2D eigenvalue weighted by Gasteiger charge is 2.44. The van der Waals surface area contributed by atoms with Crippen molar-refractivity contribution >= 4 is 23.5 Å². The van der Waals surface area contributed by atoms with Crippen LogP contribution in [0, 0.1) is 6.92 Å². The van der Waals surface area contributed by atoms with E-state index in [1.54, 1.807) is 24.3 Å². The van der Waals surface area contributed by atoms with E-state index in [1.165, 1.54) is 0 Å². The predicted molar refractivity (Wildman–Crippen MR) is 108 cm³/mol. The largest absolute Gasteiger partial charge is 0.453 e. The lowest BCUT2D eigenvalue weighted by molar-refractivity contribution is -0.159. The normalized spacial score (nSPS) is 17.9. The Kier molecular flexibility index (Phi) is 6.79. The third-order valence-electron chi connectivity index (χ3n) is 4.69. The molecule has 30 heavy (non-hydrogen) atoms. The third kappa shape index (κ3) is 5.42. The lowest BCUT2D eigenvalue weighted by atomic mass is 10.1. The average molecular weight is 414 g/mol. The number of carbonyl (C=O) groups is 3. The van der Waals surface area contributed by atoms with Crippen LogP contribution in [0.25, 0.3) is 0 Å². The number of esters is 1. The molecule has 1 fully saturated rings. The van der Waals surface area contributed by atoms with Gasteiger partial charge >= 0.3 is 5.97 Å². The number of halogens is 1. The number of benzene rings is 2. The monoisotopic (exact) mass is 414 g/mol. The van der Waals surface area contributed by atoms with Crippen LogP contribution in [0.4, 0.5) is 10.1 Å². The molecule has 1 aliphatic heterocycles. The van der Waals surface area contributed by atoms with Crippen molar-refractivity contribution in [3.05, 3.63) is 65.2 Å². The van der Waals surface area contributed by atoms with E-state index in [1.807, 2.05) is 31.2 Å². The molecule has 7 nitrogen and oxygen atoms in total. The van der Waals surface area contributed by atoms with Crippen LogP contribution < -0.4 is 10.6 Å². The summed E-state index contributed by atoms with van der Waals surface area (Å²) < 4.78 is 23.9. The average Bonchev–Trinajstić information content (AvgIpc) is 3.19. The summed E-state index contributed by atoms with van der Waals surface area (Å²) in [5, 5.41) is 5.33. The maximum atomic E-state index is 14.2. The van der Waals surface area contributed by atoms with E-state index in [9.17, 15) is 18.8 Å². The Balaban J connectivity index is 1.56. The van der Waals surface area contributed by atoms with Crippen molar-refractivity contribution in [3.63, 3.8) is 0 Å². The number of para-hydroxylation sites is 1. The minimum Gasteiger partial charge on any atom is -0.453 e. The molecule has 0 saturated carbocycles. The Hall–Kier alpha value is -3.26. The molecule has 3 rings (SSSR count). The quantitative estimate of drug-likeness (QED) is 0.679. The van der Waals surface area contributed by atoms with Gasteiger partial charge in [-0.25, -0.2) is 9.18 Å². The standard InChI is InChI=1S/C22H23FN2O5/c1-15-6-8-16(9-7-15)12-24-20(27)17-4-2-3-5-18(17)25-19(26)13-30-21(28)22(23)10-11-29-14-22/h2-9H,10-14H2,1H3,(H,24,27)(H,25,26). The van der Waals surface area contributed by atoms with Gasteiger partial charge in [0.25, 0.3) is 11.8 Å². The van der Waals surface area contributed by atoms with Crippen LogP contribution in [0.15, 0.2) is 48.5 Å². The zero-order valence-corrected chi connectivity index (χ0v) is 16.6. The molecule has 2 aromatic carbocycles.